The van der Waals surface area contributed by atoms with E-state index in [0.29, 0.717) is 24.3 Å². The molecule has 0 radical (unpaired) electrons. The largest absolute Gasteiger partial charge is 0.492 e. The Morgan fingerprint density at radius 2 is 1.02 bits per heavy atom. The molecule has 2 rings (SSSR count). The van der Waals surface area contributed by atoms with Crippen LogP contribution >= 0.6 is 31.9 Å². The van der Waals surface area contributed by atoms with Crippen LogP contribution in [0, 0.1) is 10.8 Å². The summed E-state index contributed by atoms with van der Waals surface area (Å²) in [7, 11) is -7.85. The summed E-state index contributed by atoms with van der Waals surface area (Å²) in [6.45, 7) is 0.214. The van der Waals surface area contributed by atoms with E-state index in [1.807, 2.05) is 12.1 Å². The van der Waals surface area contributed by atoms with E-state index in [9.17, 15) is 16.8 Å². The number of benzene rings is 2. The fourth-order valence-electron chi connectivity index (χ4n) is 2.72. The van der Waals surface area contributed by atoms with Crippen molar-refractivity contribution in [2.45, 2.75) is 25.7 Å². The molecule has 0 bridgehead atoms. The van der Waals surface area contributed by atoms with Gasteiger partial charge in [0.05, 0.1) is 46.9 Å². The van der Waals surface area contributed by atoms with Crippen molar-refractivity contribution in [1.29, 1.82) is 10.8 Å². The number of unbranched alkanes of at least 4 members (excludes halogenated alkanes) is 3. The highest BCUT2D eigenvalue weighted by atomic mass is 79.9. The van der Waals surface area contributed by atoms with Gasteiger partial charge in [0.1, 0.15) is 23.2 Å². The van der Waals surface area contributed by atoms with Gasteiger partial charge in [0.25, 0.3) is 20.2 Å². The smallest absolute Gasteiger partial charge is 0.267 e. The van der Waals surface area contributed by atoms with Crippen LogP contribution in [-0.2, 0) is 20.2 Å². The molecule has 0 spiro atoms. The summed E-state index contributed by atoms with van der Waals surface area (Å²) in [6, 6.07) is 10.8. The number of halogens is 2. The molecule has 0 saturated heterocycles. The highest BCUT2D eigenvalue weighted by Gasteiger charge is 2.06. The highest BCUT2D eigenvalue weighted by Crippen LogP contribution is 2.27. The molecule has 14 nitrogen and oxygen atoms in total. The molecule has 0 aliphatic rings. The fraction of sp³-hybridized carbons (Fsp3) is 0.417. The van der Waals surface area contributed by atoms with E-state index in [0.717, 1.165) is 46.1 Å². The molecular formula is C24H36Br2N4O10S2. The minimum absolute atomic E-state index is 0.0382. The van der Waals surface area contributed by atoms with Crippen LogP contribution in [0.2, 0.25) is 0 Å². The monoisotopic (exact) mass is 762 g/mol. The van der Waals surface area contributed by atoms with Gasteiger partial charge >= 0.3 is 0 Å². The Morgan fingerprint density at radius 3 is 1.24 bits per heavy atom. The second kappa shape index (κ2) is 20.6. The maximum atomic E-state index is 9.63. The molecule has 0 heterocycles. The maximum absolute atomic E-state index is 9.63. The maximum Gasteiger partial charge on any atom is 0.267 e. The molecule has 0 saturated carbocycles. The number of hydrogen-bond donors (Lipinski definition) is 8. The van der Waals surface area contributed by atoms with Gasteiger partial charge in [-0.1, -0.05) is 0 Å². The van der Waals surface area contributed by atoms with E-state index in [4.69, 9.17) is 51.1 Å². The molecular weight excluding hydrogens is 728 g/mol. The third-order valence-corrected chi connectivity index (χ3v) is 7.37. The van der Waals surface area contributed by atoms with Crippen molar-refractivity contribution in [1.82, 2.24) is 0 Å². The predicted molar refractivity (Wildman–Crippen MR) is 167 cm³/mol. The summed E-state index contributed by atoms with van der Waals surface area (Å²) in [5.74, 6) is 0.437. The average Bonchev–Trinajstić information content (AvgIpc) is 2.86. The Balaban J connectivity index is 0.000000990. The van der Waals surface area contributed by atoms with E-state index in [2.05, 4.69) is 31.9 Å². The Morgan fingerprint density at radius 1 is 0.690 bits per heavy atom. The van der Waals surface area contributed by atoms with Gasteiger partial charge < -0.3 is 31.2 Å². The van der Waals surface area contributed by atoms with Crippen LogP contribution in [0.1, 0.15) is 36.8 Å². The SMILES string of the molecule is N=C(N)c1ccc(OCCCCCCOc2ccc(C(=N)N)cc2Br)c(Br)c1.O=S(=O)(O)CCO.O=S(=O)(O)CCO. The van der Waals surface area contributed by atoms with E-state index in [1.165, 1.54) is 0 Å². The number of amidine groups is 2. The summed E-state index contributed by atoms with van der Waals surface area (Å²) in [4.78, 5) is 0. The van der Waals surface area contributed by atoms with Crippen molar-refractivity contribution in [3.63, 3.8) is 0 Å². The molecule has 0 fully saturated rings. The van der Waals surface area contributed by atoms with Crippen molar-refractivity contribution in [3.05, 3.63) is 56.5 Å². The van der Waals surface area contributed by atoms with E-state index < -0.39 is 45.0 Å². The van der Waals surface area contributed by atoms with Crippen molar-refractivity contribution in [2.75, 3.05) is 37.9 Å². The molecule has 0 aromatic heterocycles. The van der Waals surface area contributed by atoms with Crippen molar-refractivity contribution in [3.8, 4) is 11.5 Å². The molecule has 0 aliphatic heterocycles. The number of aliphatic hydroxyl groups excluding tert-OH is 2. The zero-order chi connectivity index (χ0) is 32.3. The molecule has 0 unspecified atom stereocenters. The lowest BCUT2D eigenvalue weighted by atomic mass is 10.2. The number of nitrogens with two attached hydrogens (primary N) is 2. The lowest BCUT2D eigenvalue weighted by molar-refractivity contribution is 0.286. The van der Waals surface area contributed by atoms with Crippen molar-refractivity contribution >= 4 is 63.8 Å². The van der Waals surface area contributed by atoms with Gasteiger partial charge in [0.2, 0.25) is 0 Å². The van der Waals surface area contributed by atoms with Gasteiger partial charge in [-0.3, -0.25) is 19.9 Å². The van der Waals surface area contributed by atoms with Crippen LogP contribution in [-0.4, -0.2) is 85.8 Å². The molecule has 0 amide bonds. The Labute approximate surface area is 262 Å². The van der Waals surface area contributed by atoms with Gasteiger partial charge in [-0.2, -0.15) is 16.8 Å². The van der Waals surface area contributed by atoms with Gasteiger partial charge in [-0.05, 0) is 93.9 Å². The summed E-state index contributed by atoms with van der Waals surface area (Å²) >= 11 is 6.89. The quantitative estimate of drug-likeness (QED) is 0.0563. The Hall–Kier alpha value is -2.32. The molecule has 238 valence electrons. The van der Waals surface area contributed by atoms with Gasteiger partial charge in [-0.15, -0.1) is 0 Å². The lowest BCUT2D eigenvalue weighted by Gasteiger charge is -2.10. The molecule has 0 atom stereocenters. The Kier molecular flexibility index (Phi) is 19.4. The molecule has 2 aromatic rings. The lowest BCUT2D eigenvalue weighted by Crippen LogP contribution is -2.11. The normalized spacial score (nSPS) is 10.9. The third kappa shape index (κ3) is 19.7. The van der Waals surface area contributed by atoms with E-state index in [-0.39, 0.29) is 11.7 Å². The topological polar surface area (TPSA) is 267 Å². The second-order valence-electron chi connectivity index (χ2n) is 8.25. The van der Waals surface area contributed by atoms with Crippen molar-refractivity contribution < 1.29 is 45.6 Å². The number of ether oxygens (including phenoxy) is 2. The summed E-state index contributed by atoms with van der Waals surface area (Å²) in [5.41, 5.74) is 12.3. The van der Waals surface area contributed by atoms with Crippen molar-refractivity contribution in [2.24, 2.45) is 11.5 Å². The standard InChI is InChI=1S/C20H24Br2N4O2.2C2H6O4S/c21-15-11-13(19(23)24)5-7-17(15)27-9-3-1-2-4-10-28-18-8-6-14(20(25)26)12-16(18)22;2*3-1-2-7(4,5)6/h5-8,11-12H,1-4,9-10H2,(H3,23,24)(H3,25,26);2*3H,1-2H2,(H,4,5,6). The minimum Gasteiger partial charge on any atom is -0.492 e. The third-order valence-electron chi connectivity index (χ3n) is 4.74. The van der Waals surface area contributed by atoms with Gasteiger partial charge in [0.15, 0.2) is 0 Å². The number of nitrogens with one attached hydrogen (secondary N) is 2. The van der Waals surface area contributed by atoms with Gasteiger partial charge in [0, 0.05) is 11.1 Å². The molecule has 2 aromatic carbocycles. The summed E-state index contributed by atoms with van der Waals surface area (Å²) in [6.07, 6.45) is 4.02. The van der Waals surface area contributed by atoms with Crippen LogP contribution in [0.15, 0.2) is 45.3 Å². The van der Waals surface area contributed by atoms with E-state index in [1.54, 1.807) is 24.3 Å². The van der Waals surface area contributed by atoms with Crippen LogP contribution in [0.3, 0.4) is 0 Å². The van der Waals surface area contributed by atoms with Crippen LogP contribution in [0.4, 0.5) is 0 Å². The molecule has 10 N–H and O–H groups in total. The molecule has 18 heteroatoms. The molecule has 42 heavy (non-hydrogen) atoms. The number of hydrogen-bond acceptors (Lipinski definition) is 10. The highest BCUT2D eigenvalue weighted by molar-refractivity contribution is 9.11. The first-order chi connectivity index (χ1) is 19.5. The summed E-state index contributed by atoms with van der Waals surface area (Å²) < 4.78 is 67.3. The number of rotatable bonds is 15. The minimum atomic E-state index is -3.92. The number of aliphatic hydroxyl groups is 2. The first-order valence-electron chi connectivity index (χ1n) is 12.2. The average molecular weight is 765 g/mol. The Bertz CT molecular complexity index is 1260. The van der Waals surface area contributed by atoms with Crippen LogP contribution in [0.25, 0.3) is 0 Å². The number of nitrogen functional groups attached to an aromatic ring is 2. The van der Waals surface area contributed by atoms with Crippen LogP contribution < -0.4 is 20.9 Å². The second-order valence-corrected chi connectivity index (χ2v) is 13.1. The predicted octanol–water partition coefficient (Wildman–Crippen LogP) is 2.53. The first-order valence-corrected chi connectivity index (χ1v) is 17.0. The van der Waals surface area contributed by atoms with E-state index >= 15 is 0 Å². The zero-order valence-corrected chi connectivity index (χ0v) is 27.3. The fourth-order valence-corrected chi connectivity index (χ4v) is 4.17. The zero-order valence-electron chi connectivity index (χ0n) is 22.5. The van der Waals surface area contributed by atoms with Gasteiger partial charge in [-0.25, -0.2) is 0 Å². The van der Waals surface area contributed by atoms with Crippen LogP contribution in [0.5, 0.6) is 11.5 Å². The summed E-state index contributed by atoms with van der Waals surface area (Å²) in [5, 5.41) is 30.6. The molecule has 0 aliphatic carbocycles. The first kappa shape index (κ1) is 39.7.